The van der Waals surface area contributed by atoms with Crippen molar-refractivity contribution in [2.45, 2.75) is 0 Å². The van der Waals surface area contributed by atoms with Crippen LogP contribution in [0.1, 0.15) is 11.1 Å². The van der Waals surface area contributed by atoms with Crippen molar-refractivity contribution in [1.82, 2.24) is 0 Å². The molecule has 0 fully saturated rings. The lowest BCUT2D eigenvalue weighted by atomic mass is 9.94. The van der Waals surface area contributed by atoms with Crippen LogP contribution in [0.3, 0.4) is 0 Å². The van der Waals surface area contributed by atoms with Crippen molar-refractivity contribution in [2.24, 2.45) is 0 Å². The van der Waals surface area contributed by atoms with E-state index in [1.165, 1.54) is 10.8 Å². The maximum atomic E-state index is 5.71. The molecule has 0 atom stereocenters. The molecule has 0 aliphatic carbocycles. The molecule has 1 aliphatic rings. The Morgan fingerprint density at radius 1 is 0.619 bits per heavy atom. The van der Waals surface area contributed by atoms with Crippen molar-refractivity contribution in [3.63, 3.8) is 0 Å². The first kappa shape index (κ1) is 12.6. The van der Waals surface area contributed by atoms with E-state index in [0.29, 0.717) is 0 Å². The van der Waals surface area contributed by atoms with Gasteiger partial charge in [-0.1, -0.05) is 79.0 Å². The van der Waals surface area contributed by atoms with Gasteiger partial charge in [-0.25, -0.2) is 0 Å². The minimum Gasteiger partial charge on any atom is -0.291 e. The van der Waals surface area contributed by atoms with Crippen LogP contribution in [0.2, 0.25) is 0 Å². The van der Waals surface area contributed by atoms with Crippen LogP contribution in [0.25, 0.3) is 10.8 Å². The van der Waals surface area contributed by atoms with Crippen LogP contribution in [0.15, 0.2) is 66.7 Å². The number of thiocarbonyl (C=S) groups is 2. The third-order valence-electron chi connectivity index (χ3n) is 3.79. The Labute approximate surface area is 133 Å². The molecule has 3 aromatic carbocycles. The van der Waals surface area contributed by atoms with Crippen LogP contribution in [0.5, 0.6) is 0 Å². The van der Waals surface area contributed by atoms with Gasteiger partial charge in [-0.3, -0.25) is 4.90 Å². The summed E-state index contributed by atoms with van der Waals surface area (Å²) in [6.45, 7) is 0. The van der Waals surface area contributed by atoms with E-state index in [9.17, 15) is 0 Å². The summed E-state index contributed by atoms with van der Waals surface area (Å²) in [6, 6.07) is 22.5. The minimum atomic E-state index is 0.774. The number of rotatable bonds is 1. The smallest absolute Gasteiger partial charge is 0.119 e. The van der Waals surface area contributed by atoms with Crippen molar-refractivity contribution in [3.8, 4) is 0 Å². The van der Waals surface area contributed by atoms with Crippen LogP contribution in [-0.4, -0.2) is 9.98 Å². The first-order valence-electron chi connectivity index (χ1n) is 6.73. The third-order valence-corrected chi connectivity index (χ3v) is 4.59. The minimum absolute atomic E-state index is 0.774. The molecule has 0 bridgehead atoms. The Kier molecular flexibility index (Phi) is 2.84. The van der Waals surface area contributed by atoms with Crippen LogP contribution >= 0.6 is 24.4 Å². The zero-order valence-corrected chi connectivity index (χ0v) is 12.7. The molecule has 0 N–H and O–H groups in total. The van der Waals surface area contributed by atoms with E-state index < -0.39 is 0 Å². The second-order valence-electron chi connectivity index (χ2n) is 4.99. The SMILES string of the molecule is S=C1c2cccc3cccc(c23)C(=S)N1c1ccccc1. The van der Waals surface area contributed by atoms with E-state index in [2.05, 4.69) is 24.3 Å². The lowest BCUT2D eigenvalue weighted by Gasteiger charge is -2.32. The van der Waals surface area contributed by atoms with E-state index in [4.69, 9.17) is 24.4 Å². The van der Waals surface area contributed by atoms with Crippen LogP contribution < -0.4 is 4.90 Å². The Hall–Kier alpha value is -2.10. The maximum absolute atomic E-state index is 5.71. The molecule has 3 aromatic rings. The average molecular weight is 305 g/mol. The lowest BCUT2D eigenvalue weighted by molar-refractivity contribution is 1.43. The molecule has 0 radical (unpaired) electrons. The Morgan fingerprint density at radius 3 is 1.76 bits per heavy atom. The normalized spacial score (nSPS) is 13.8. The van der Waals surface area contributed by atoms with Crippen LogP contribution in [0, 0.1) is 0 Å². The van der Waals surface area contributed by atoms with Gasteiger partial charge in [0.15, 0.2) is 0 Å². The summed E-state index contributed by atoms with van der Waals surface area (Å²) < 4.78 is 0. The first-order valence-corrected chi connectivity index (χ1v) is 7.54. The topological polar surface area (TPSA) is 3.24 Å². The Balaban J connectivity index is 2.02. The van der Waals surface area contributed by atoms with Gasteiger partial charge >= 0.3 is 0 Å². The number of hydrogen-bond donors (Lipinski definition) is 0. The summed E-state index contributed by atoms with van der Waals surface area (Å²) in [5, 5.41) is 2.35. The highest BCUT2D eigenvalue weighted by molar-refractivity contribution is 7.83. The van der Waals surface area contributed by atoms with Crippen molar-refractivity contribution < 1.29 is 0 Å². The highest BCUT2D eigenvalue weighted by Crippen LogP contribution is 2.33. The van der Waals surface area contributed by atoms with Gasteiger partial charge in [0.05, 0.1) is 0 Å². The summed E-state index contributed by atoms with van der Waals surface area (Å²) in [7, 11) is 0. The van der Waals surface area contributed by atoms with Crippen LogP contribution in [0.4, 0.5) is 5.69 Å². The number of benzene rings is 3. The second kappa shape index (κ2) is 4.72. The second-order valence-corrected chi connectivity index (χ2v) is 5.76. The summed E-state index contributed by atoms with van der Waals surface area (Å²) in [5.41, 5.74) is 3.17. The lowest BCUT2D eigenvalue weighted by Crippen LogP contribution is -2.39. The molecule has 100 valence electrons. The zero-order valence-electron chi connectivity index (χ0n) is 11.1. The van der Waals surface area contributed by atoms with Crippen molar-refractivity contribution >= 4 is 50.9 Å². The van der Waals surface area contributed by atoms with E-state index in [1.54, 1.807) is 0 Å². The fourth-order valence-electron chi connectivity index (χ4n) is 2.84. The molecule has 4 rings (SSSR count). The largest absolute Gasteiger partial charge is 0.291 e. The number of nitrogens with zero attached hydrogens (tertiary/aromatic N) is 1. The molecule has 0 unspecified atom stereocenters. The standard InChI is InChI=1S/C18H11NS2/c20-17-14-10-4-6-12-7-5-11-15(16(12)14)18(21)19(17)13-8-2-1-3-9-13/h1-11H. The Bertz CT molecular complexity index is 833. The highest BCUT2D eigenvalue weighted by Gasteiger charge is 2.27. The van der Waals surface area contributed by atoms with E-state index >= 15 is 0 Å². The quantitative estimate of drug-likeness (QED) is 0.599. The molecule has 0 amide bonds. The van der Waals surface area contributed by atoms with Gasteiger partial charge < -0.3 is 0 Å². The molecular weight excluding hydrogens is 294 g/mol. The van der Waals surface area contributed by atoms with Crippen LogP contribution in [-0.2, 0) is 0 Å². The predicted octanol–water partition coefficient (Wildman–Crippen LogP) is 4.71. The van der Waals surface area contributed by atoms with Crippen molar-refractivity contribution in [3.05, 3.63) is 77.9 Å². The van der Waals surface area contributed by atoms with Crippen molar-refractivity contribution in [2.75, 3.05) is 4.90 Å². The summed E-state index contributed by atoms with van der Waals surface area (Å²) in [5.74, 6) is 0. The van der Waals surface area contributed by atoms with Crippen molar-refractivity contribution in [1.29, 1.82) is 0 Å². The molecule has 1 aliphatic heterocycles. The molecule has 0 saturated heterocycles. The highest BCUT2D eigenvalue weighted by atomic mass is 32.1. The molecule has 3 heteroatoms. The van der Waals surface area contributed by atoms with E-state index in [-0.39, 0.29) is 0 Å². The molecule has 0 aromatic heterocycles. The van der Waals surface area contributed by atoms with E-state index in [1.807, 2.05) is 47.4 Å². The van der Waals surface area contributed by atoms with E-state index in [0.717, 1.165) is 26.8 Å². The monoisotopic (exact) mass is 305 g/mol. The van der Waals surface area contributed by atoms with Gasteiger partial charge in [0.2, 0.25) is 0 Å². The average Bonchev–Trinajstić information content (AvgIpc) is 2.54. The number of anilines is 1. The number of hydrogen-bond acceptors (Lipinski definition) is 2. The van der Waals surface area contributed by atoms with Gasteiger partial charge in [0, 0.05) is 22.2 Å². The van der Waals surface area contributed by atoms with Gasteiger partial charge in [0.25, 0.3) is 0 Å². The summed E-state index contributed by atoms with van der Waals surface area (Å²) in [6.07, 6.45) is 0. The fraction of sp³-hybridized carbons (Fsp3) is 0. The molecule has 0 spiro atoms. The van der Waals surface area contributed by atoms with Gasteiger partial charge in [-0.05, 0) is 17.5 Å². The number of para-hydroxylation sites is 1. The summed E-state index contributed by atoms with van der Waals surface area (Å²) >= 11 is 11.4. The molecular formula is C18H11NS2. The zero-order chi connectivity index (χ0) is 14.4. The Morgan fingerprint density at radius 2 is 1.19 bits per heavy atom. The molecule has 0 saturated carbocycles. The first-order chi connectivity index (χ1) is 10.3. The fourth-order valence-corrected chi connectivity index (χ4v) is 3.63. The molecule has 1 heterocycles. The van der Waals surface area contributed by atoms with Gasteiger partial charge in [-0.2, -0.15) is 0 Å². The van der Waals surface area contributed by atoms with Gasteiger partial charge in [0.1, 0.15) is 9.98 Å². The molecule has 21 heavy (non-hydrogen) atoms. The maximum Gasteiger partial charge on any atom is 0.119 e. The summed E-state index contributed by atoms with van der Waals surface area (Å²) in [4.78, 5) is 3.54. The third kappa shape index (κ3) is 1.82. The molecule has 1 nitrogen and oxygen atoms in total. The predicted molar refractivity (Wildman–Crippen MR) is 96.3 cm³/mol. The van der Waals surface area contributed by atoms with Gasteiger partial charge in [-0.15, -0.1) is 0 Å².